The largest absolute Gasteiger partial charge is 0.508 e. The van der Waals surface area contributed by atoms with Crippen LogP contribution in [0.3, 0.4) is 0 Å². The first-order chi connectivity index (χ1) is 14.1. The van der Waals surface area contributed by atoms with Crippen LogP contribution in [0, 0.1) is 11.8 Å². The average molecular weight is 396 g/mol. The lowest BCUT2D eigenvalue weighted by atomic mass is 9.73. The number of benzene rings is 1. The van der Waals surface area contributed by atoms with Gasteiger partial charge in [0.05, 0.1) is 25.3 Å². The minimum Gasteiger partial charge on any atom is -0.497 e. The normalized spacial score (nSPS) is 26.7. The summed E-state index contributed by atoms with van der Waals surface area (Å²) in [5, 5.41) is 0.934. The van der Waals surface area contributed by atoms with Crippen molar-refractivity contribution >= 4 is 17.1 Å². The summed E-state index contributed by atoms with van der Waals surface area (Å²) in [6.45, 7) is 8.04. The second-order valence-electron chi connectivity index (χ2n) is 7.75. The highest BCUT2D eigenvalue weighted by Gasteiger charge is 2.44. The molecular weight excluding hydrogens is 368 g/mol. The standard InChI is InChI=1S/C23H28N2O4/c1-4-15-14-25-11-9-16(15)12-21(25)22(29-23(26)28-5-2)18-8-10-24-20-7-6-17(27-3)13-19(18)20/h4,6-8,10,13,15-16,21-22H,1,5,9,11-12,14H2,2-3H3/t15-,16+,21+,22+/m1/s1. The second-order valence-corrected chi connectivity index (χ2v) is 7.75. The minimum absolute atomic E-state index is 0.103. The van der Waals surface area contributed by atoms with Crippen LogP contribution in [0.1, 0.15) is 31.4 Å². The first-order valence-electron chi connectivity index (χ1n) is 10.3. The molecule has 0 amide bonds. The van der Waals surface area contributed by atoms with Crippen molar-refractivity contribution in [3.8, 4) is 5.75 Å². The van der Waals surface area contributed by atoms with Crippen molar-refractivity contribution in [3.05, 3.63) is 48.7 Å². The van der Waals surface area contributed by atoms with Crippen LogP contribution in [0.5, 0.6) is 5.75 Å². The highest BCUT2D eigenvalue weighted by Crippen LogP contribution is 2.43. The first-order valence-corrected chi connectivity index (χ1v) is 10.3. The highest BCUT2D eigenvalue weighted by molar-refractivity contribution is 5.84. The molecule has 5 rings (SSSR count). The lowest BCUT2D eigenvalue weighted by Gasteiger charge is -2.51. The van der Waals surface area contributed by atoms with Crippen LogP contribution < -0.4 is 4.74 Å². The lowest BCUT2D eigenvalue weighted by molar-refractivity contribution is -0.0652. The van der Waals surface area contributed by atoms with E-state index in [1.54, 1.807) is 20.2 Å². The molecule has 1 unspecified atom stereocenters. The maximum Gasteiger partial charge on any atom is 0.508 e. The predicted octanol–water partition coefficient (Wildman–Crippen LogP) is 4.35. The van der Waals surface area contributed by atoms with E-state index in [4.69, 9.17) is 14.2 Å². The van der Waals surface area contributed by atoms with Crippen LogP contribution in [0.15, 0.2) is 43.1 Å². The van der Waals surface area contributed by atoms with Gasteiger partial charge in [0, 0.05) is 23.7 Å². The highest BCUT2D eigenvalue weighted by atomic mass is 16.7. The molecule has 3 saturated heterocycles. The zero-order chi connectivity index (χ0) is 20.4. The molecule has 6 heteroatoms. The molecule has 1 aromatic carbocycles. The van der Waals surface area contributed by atoms with Crippen molar-refractivity contribution in [2.75, 3.05) is 26.8 Å². The molecule has 3 aliphatic heterocycles. The Morgan fingerprint density at radius 3 is 2.97 bits per heavy atom. The molecule has 2 bridgehead atoms. The third kappa shape index (κ3) is 3.81. The van der Waals surface area contributed by atoms with E-state index in [0.717, 1.165) is 48.1 Å². The van der Waals surface area contributed by atoms with Crippen molar-refractivity contribution in [1.29, 1.82) is 0 Å². The molecule has 0 radical (unpaired) electrons. The monoisotopic (exact) mass is 396 g/mol. The number of pyridine rings is 1. The van der Waals surface area contributed by atoms with E-state index in [1.807, 2.05) is 24.3 Å². The lowest BCUT2D eigenvalue weighted by Crippen LogP contribution is -2.55. The van der Waals surface area contributed by atoms with Gasteiger partial charge in [-0.05, 0) is 62.4 Å². The van der Waals surface area contributed by atoms with E-state index in [1.165, 1.54) is 0 Å². The molecule has 0 spiro atoms. The number of ether oxygens (including phenoxy) is 3. The predicted molar refractivity (Wildman–Crippen MR) is 111 cm³/mol. The van der Waals surface area contributed by atoms with E-state index >= 15 is 0 Å². The minimum atomic E-state index is -0.631. The van der Waals surface area contributed by atoms with Gasteiger partial charge in [-0.2, -0.15) is 0 Å². The van der Waals surface area contributed by atoms with Gasteiger partial charge in [-0.25, -0.2) is 4.79 Å². The average Bonchev–Trinajstić information content (AvgIpc) is 2.77. The zero-order valence-electron chi connectivity index (χ0n) is 17.0. The molecule has 4 heterocycles. The summed E-state index contributed by atoms with van der Waals surface area (Å²) in [5.74, 6) is 1.81. The van der Waals surface area contributed by atoms with Crippen LogP contribution >= 0.6 is 0 Å². The first kappa shape index (κ1) is 19.7. The topological polar surface area (TPSA) is 60.9 Å². The van der Waals surface area contributed by atoms with Crippen LogP contribution in [0.4, 0.5) is 4.79 Å². The Morgan fingerprint density at radius 1 is 1.41 bits per heavy atom. The number of piperidine rings is 3. The van der Waals surface area contributed by atoms with Gasteiger partial charge in [-0.15, -0.1) is 6.58 Å². The van der Waals surface area contributed by atoms with E-state index in [2.05, 4.69) is 22.5 Å². The fraction of sp³-hybridized carbons (Fsp3) is 0.478. The number of rotatable bonds is 6. The number of methoxy groups -OCH3 is 1. The fourth-order valence-corrected chi connectivity index (χ4v) is 4.82. The molecular formula is C23H28N2O4. The summed E-state index contributed by atoms with van der Waals surface area (Å²) >= 11 is 0. The van der Waals surface area contributed by atoms with Gasteiger partial charge in [0.25, 0.3) is 0 Å². The van der Waals surface area contributed by atoms with E-state index in [0.29, 0.717) is 11.8 Å². The van der Waals surface area contributed by atoms with Crippen molar-refractivity contribution in [1.82, 2.24) is 9.88 Å². The Balaban J connectivity index is 1.75. The van der Waals surface area contributed by atoms with Crippen molar-refractivity contribution in [3.63, 3.8) is 0 Å². The SMILES string of the molecule is C=C[C@@H]1CN2CC[C@H]1C[C@H]2[C@@H](OC(=O)OCC)c1ccnc2ccc(OC)cc12. The van der Waals surface area contributed by atoms with Crippen LogP contribution in [0.2, 0.25) is 0 Å². The van der Waals surface area contributed by atoms with E-state index in [9.17, 15) is 4.79 Å². The Morgan fingerprint density at radius 2 is 2.28 bits per heavy atom. The maximum absolute atomic E-state index is 12.3. The van der Waals surface area contributed by atoms with Crippen LogP contribution in [0.25, 0.3) is 10.9 Å². The molecule has 0 saturated carbocycles. The summed E-state index contributed by atoms with van der Waals surface area (Å²) < 4.78 is 16.5. The summed E-state index contributed by atoms with van der Waals surface area (Å²) in [6, 6.07) is 7.83. The van der Waals surface area contributed by atoms with Gasteiger partial charge in [-0.3, -0.25) is 9.88 Å². The molecule has 0 N–H and O–H groups in total. The van der Waals surface area contributed by atoms with Gasteiger partial charge in [0.1, 0.15) is 11.9 Å². The quantitative estimate of drug-likeness (QED) is 0.534. The van der Waals surface area contributed by atoms with Gasteiger partial charge in [-0.1, -0.05) is 6.08 Å². The Labute approximate surface area is 171 Å². The van der Waals surface area contributed by atoms with Crippen molar-refractivity contribution < 1.29 is 19.0 Å². The number of carbonyl (C=O) groups is 1. The molecule has 3 aliphatic rings. The molecule has 6 nitrogen and oxygen atoms in total. The van der Waals surface area contributed by atoms with Gasteiger partial charge in [0.2, 0.25) is 0 Å². The van der Waals surface area contributed by atoms with Crippen molar-refractivity contribution in [2.24, 2.45) is 11.8 Å². The maximum atomic E-state index is 12.3. The summed E-state index contributed by atoms with van der Waals surface area (Å²) in [4.78, 5) is 19.2. The van der Waals surface area contributed by atoms with Crippen LogP contribution in [-0.2, 0) is 9.47 Å². The Bertz CT molecular complexity index is 900. The van der Waals surface area contributed by atoms with Gasteiger partial charge in [0.15, 0.2) is 0 Å². The molecule has 2 aromatic rings. The number of hydrogen-bond acceptors (Lipinski definition) is 6. The van der Waals surface area contributed by atoms with Crippen LogP contribution in [-0.4, -0.2) is 48.9 Å². The summed E-state index contributed by atoms with van der Waals surface area (Å²) in [6.07, 6.45) is 4.91. The molecule has 0 aliphatic carbocycles. The third-order valence-electron chi connectivity index (χ3n) is 6.28. The number of hydrogen-bond donors (Lipinski definition) is 0. The van der Waals surface area contributed by atoms with E-state index < -0.39 is 12.3 Å². The molecule has 29 heavy (non-hydrogen) atoms. The number of carbonyl (C=O) groups excluding carboxylic acids is 1. The zero-order valence-corrected chi connectivity index (χ0v) is 17.0. The Kier molecular flexibility index (Phi) is 5.72. The molecule has 3 fully saturated rings. The Hall–Kier alpha value is -2.60. The summed E-state index contributed by atoms with van der Waals surface area (Å²) in [7, 11) is 1.64. The number of nitrogens with zero attached hydrogens (tertiary/aromatic N) is 2. The smallest absolute Gasteiger partial charge is 0.497 e. The third-order valence-corrected chi connectivity index (χ3v) is 6.28. The molecule has 1 aromatic heterocycles. The second kappa shape index (κ2) is 8.41. The number of aromatic nitrogens is 1. The number of fused-ring (bicyclic) bond motifs is 4. The molecule has 154 valence electrons. The summed E-state index contributed by atoms with van der Waals surface area (Å²) in [5.41, 5.74) is 1.79. The fourth-order valence-electron chi connectivity index (χ4n) is 4.82. The van der Waals surface area contributed by atoms with Crippen molar-refractivity contribution in [2.45, 2.75) is 31.9 Å². The van der Waals surface area contributed by atoms with Gasteiger partial charge < -0.3 is 14.2 Å². The van der Waals surface area contributed by atoms with E-state index in [-0.39, 0.29) is 12.6 Å². The van der Waals surface area contributed by atoms with Gasteiger partial charge >= 0.3 is 6.16 Å². The molecule has 5 atom stereocenters.